The highest BCUT2D eigenvalue weighted by Gasteiger charge is 2.17. The van der Waals surface area contributed by atoms with Crippen molar-refractivity contribution in [1.82, 2.24) is 4.72 Å². The summed E-state index contributed by atoms with van der Waals surface area (Å²) in [6.07, 6.45) is 1.02. The molecule has 1 aliphatic heterocycles. The Balaban J connectivity index is 2.11. The van der Waals surface area contributed by atoms with Gasteiger partial charge in [-0.3, -0.25) is 0 Å². The van der Waals surface area contributed by atoms with Gasteiger partial charge in [-0.2, -0.15) is 0 Å². The van der Waals surface area contributed by atoms with Gasteiger partial charge in [-0.1, -0.05) is 6.92 Å². The van der Waals surface area contributed by atoms with E-state index in [4.69, 9.17) is 10.5 Å². The topological polar surface area (TPSA) is 93.5 Å². The normalized spacial score (nSPS) is 19.1. The van der Waals surface area contributed by atoms with E-state index in [2.05, 4.69) is 10.0 Å². The van der Waals surface area contributed by atoms with E-state index >= 15 is 0 Å². The van der Waals surface area contributed by atoms with Gasteiger partial charge in [0.25, 0.3) is 0 Å². The van der Waals surface area contributed by atoms with Crippen molar-refractivity contribution >= 4 is 21.4 Å². The number of sulfonamides is 1. The molecular weight excluding hydrogens is 278 g/mol. The fourth-order valence-corrected chi connectivity index (χ4v) is 3.19. The Hall–Kier alpha value is -1.31. The lowest BCUT2D eigenvalue weighted by atomic mass is 10.1. The van der Waals surface area contributed by atoms with Gasteiger partial charge >= 0.3 is 0 Å². The molecule has 20 heavy (non-hydrogen) atoms. The Bertz CT molecular complexity index is 554. The Morgan fingerprint density at radius 1 is 1.45 bits per heavy atom. The molecule has 1 aliphatic rings. The molecule has 7 heteroatoms. The number of ether oxygens (including phenoxy) is 1. The van der Waals surface area contributed by atoms with Crippen molar-refractivity contribution in [2.75, 3.05) is 37.4 Å². The molecule has 112 valence electrons. The van der Waals surface area contributed by atoms with E-state index in [1.54, 1.807) is 19.1 Å². The van der Waals surface area contributed by atoms with Crippen molar-refractivity contribution in [2.45, 2.75) is 18.2 Å². The number of rotatable bonds is 6. The molecule has 2 rings (SSSR count). The predicted octanol–water partition coefficient (Wildman–Crippen LogP) is 1.02. The van der Waals surface area contributed by atoms with Crippen molar-refractivity contribution in [3.05, 3.63) is 18.2 Å². The molecule has 0 bridgehead atoms. The number of hydrogen-bond acceptors (Lipinski definition) is 5. The summed E-state index contributed by atoms with van der Waals surface area (Å²) >= 11 is 0. The summed E-state index contributed by atoms with van der Waals surface area (Å²) in [7, 11) is -3.46. The van der Waals surface area contributed by atoms with Crippen LogP contribution in [0.4, 0.5) is 11.4 Å². The van der Waals surface area contributed by atoms with E-state index in [1.807, 2.05) is 0 Å². The third kappa shape index (κ3) is 3.62. The van der Waals surface area contributed by atoms with Crippen LogP contribution in [0, 0.1) is 5.92 Å². The lowest BCUT2D eigenvalue weighted by Crippen LogP contribution is -2.23. The predicted molar refractivity (Wildman–Crippen MR) is 79.1 cm³/mol. The second-order valence-corrected chi connectivity index (χ2v) is 6.63. The molecule has 0 aromatic heterocycles. The molecule has 0 radical (unpaired) electrons. The summed E-state index contributed by atoms with van der Waals surface area (Å²) in [5.41, 5.74) is 7.07. The van der Waals surface area contributed by atoms with Gasteiger partial charge in [0.2, 0.25) is 10.0 Å². The van der Waals surface area contributed by atoms with Gasteiger partial charge in [0.15, 0.2) is 0 Å². The summed E-state index contributed by atoms with van der Waals surface area (Å²) in [5, 5.41) is 3.21. The summed E-state index contributed by atoms with van der Waals surface area (Å²) in [5.74, 6) is 0.448. The summed E-state index contributed by atoms with van der Waals surface area (Å²) in [6.45, 7) is 4.36. The van der Waals surface area contributed by atoms with Crippen LogP contribution in [0.2, 0.25) is 0 Å². The van der Waals surface area contributed by atoms with Crippen LogP contribution >= 0.6 is 0 Å². The second-order valence-electron chi connectivity index (χ2n) is 4.86. The van der Waals surface area contributed by atoms with E-state index in [0.29, 0.717) is 23.8 Å². The zero-order valence-corrected chi connectivity index (χ0v) is 12.4. The zero-order valence-electron chi connectivity index (χ0n) is 11.6. The lowest BCUT2D eigenvalue weighted by Gasteiger charge is -2.14. The van der Waals surface area contributed by atoms with Crippen LogP contribution in [0.5, 0.6) is 0 Å². The van der Waals surface area contributed by atoms with Crippen molar-refractivity contribution < 1.29 is 13.2 Å². The summed E-state index contributed by atoms with van der Waals surface area (Å²) < 4.78 is 31.7. The van der Waals surface area contributed by atoms with Crippen molar-refractivity contribution in [3.8, 4) is 0 Å². The third-order valence-corrected chi connectivity index (χ3v) is 4.82. The minimum atomic E-state index is -3.46. The maximum absolute atomic E-state index is 12.0. The molecule has 0 saturated carbocycles. The molecule has 1 aromatic carbocycles. The highest BCUT2D eigenvalue weighted by molar-refractivity contribution is 7.89. The van der Waals surface area contributed by atoms with Crippen LogP contribution in [0.3, 0.4) is 0 Å². The maximum atomic E-state index is 12.0. The van der Waals surface area contributed by atoms with Gasteiger partial charge < -0.3 is 15.8 Å². The highest BCUT2D eigenvalue weighted by Crippen LogP contribution is 2.24. The van der Waals surface area contributed by atoms with Crippen LogP contribution in [0.25, 0.3) is 0 Å². The van der Waals surface area contributed by atoms with Crippen LogP contribution in [0.1, 0.15) is 13.3 Å². The zero-order chi connectivity index (χ0) is 14.6. The standard InChI is InChI=1S/C13H21N3O3S/c1-2-16-20(17,18)11-3-4-12(14)13(7-11)15-8-10-5-6-19-9-10/h3-4,7,10,15-16H,2,5-6,8-9,14H2,1H3. The molecule has 1 aromatic rings. The summed E-state index contributed by atoms with van der Waals surface area (Å²) in [6, 6.07) is 4.69. The molecule has 0 spiro atoms. The van der Waals surface area contributed by atoms with Crippen molar-refractivity contribution in [2.24, 2.45) is 5.92 Å². The van der Waals surface area contributed by atoms with E-state index in [-0.39, 0.29) is 4.90 Å². The lowest BCUT2D eigenvalue weighted by molar-refractivity contribution is 0.187. The van der Waals surface area contributed by atoms with Crippen LogP contribution < -0.4 is 15.8 Å². The molecule has 6 nitrogen and oxygen atoms in total. The number of anilines is 2. The first-order valence-electron chi connectivity index (χ1n) is 6.73. The van der Waals surface area contributed by atoms with Gasteiger partial charge in [-0.15, -0.1) is 0 Å². The molecule has 1 fully saturated rings. The molecular formula is C13H21N3O3S. The fraction of sp³-hybridized carbons (Fsp3) is 0.538. The Morgan fingerprint density at radius 3 is 2.90 bits per heavy atom. The Kier molecular flexibility index (Phi) is 4.85. The first kappa shape index (κ1) is 15.1. The van der Waals surface area contributed by atoms with Crippen LogP contribution in [-0.2, 0) is 14.8 Å². The largest absolute Gasteiger partial charge is 0.397 e. The average Bonchev–Trinajstić information content (AvgIpc) is 2.90. The van der Waals surface area contributed by atoms with Crippen molar-refractivity contribution in [1.29, 1.82) is 0 Å². The molecule has 1 heterocycles. The quantitative estimate of drug-likeness (QED) is 0.682. The minimum Gasteiger partial charge on any atom is -0.397 e. The molecule has 0 aliphatic carbocycles. The number of hydrogen-bond donors (Lipinski definition) is 3. The monoisotopic (exact) mass is 299 g/mol. The Labute approximate surface area is 119 Å². The van der Waals surface area contributed by atoms with Gasteiger partial charge in [-0.25, -0.2) is 13.1 Å². The second kappa shape index (κ2) is 6.43. The van der Waals surface area contributed by atoms with Gasteiger partial charge in [0, 0.05) is 25.6 Å². The molecule has 1 saturated heterocycles. The summed E-state index contributed by atoms with van der Waals surface area (Å²) in [4.78, 5) is 0.221. The number of nitrogens with two attached hydrogens (primary N) is 1. The highest BCUT2D eigenvalue weighted by atomic mass is 32.2. The van der Waals surface area contributed by atoms with Gasteiger partial charge in [0.05, 0.1) is 22.9 Å². The SMILES string of the molecule is CCNS(=O)(=O)c1ccc(N)c(NCC2CCOC2)c1. The third-order valence-electron chi connectivity index (χ3n) is 3.27. The maximum Gasteiger partial charge on any atom is 0.240 e. The van der Waals surface area contributed by atoms with Crippen molar-refractivity contribution in [3.63, 3.8) is 0 Å². The Morgan fingerprint density at radius 2 is 2.25 bits per heavy atom. The van der Waals surface area contributed by atoms with E-state index in [1.165, 1.54) is 6.07 Å². The average molecular weight is 299 g/mol. The number of nitrogen functional groups attached to an aromatic ring is 1. The number of benzene rings is 1. The first-order chi connectivity index (χ1) is 9.53. The van der Waals surface area contributed by atoms with Crippen LogP contribution in [0.15, 0.2) is 23.1 Å². The van der Waals surface area contributed by atoms with E-state index < -0.39 is 10.0 Å². The minimum absolute atomic E-state index is 0.221. The van der Waals surface area contributed by atoms with E-state index in [0.717, 1.165) is 26.2 Å². The van der Waals surface area contributed by atoms with Crippen LogP contribution in [-0.4, -0.2) is 34.7 Å². The van der Waals surface area contributed by atoms with Gasteiger partial charge in [-0.05, 0) is 24.6 Å². The van der Waals surface area contributed by atoms with Gasteiger partial charge in [0.1, 0.15) is 0 Å². The molecule has 1 unspecified atom stereocenters. The molecule has 4 N–H and O–H groups in total. The first-order valence-corrected chi connectivity index (χ1v) is 8.22. The molecule has 1 atom stereocenters. The smallest absolute Gasteiger partial charge is 0.240 e. The fourth-order valence-electron chi connectivity index (χ4n) is 2.13. The number of nitrogens with one attached hydrogen (secondary N) is 2. The van der Waals surface area contributed by atoms with E-state index in [9.17, 15) is 8.42 Å². The molecule has 0 amide bonds.